The highest BCUT2D eigenvalue weighted by Gasteiger charge is 2.17. The minimum atomic E-state index is -0.582. The van der Waals surface area contributed by atoms with Gasteiger partial charge in [0.2, 0.25) is 5.91 Å². The topological polar surface area (TPSA) is 99.0 Å². The first-order valence-corrected chi connectivity index (χ1v) is 10.4. The minimum Gasteiger partial charge on any atom is -0.489 e. The van der Waals surface area contributed by atoms with E-state index in [2.05, 4.69) is 10.9 Å². The average molecular weight is 457 g/mol. The molecule has 0 atom stereocenters. The number of amides is 2. The van der Waals surface area contributed by atoms with Crippen molar-refractivity contribution in [3.05, 3.63) is 76.7 Å². The third-order valence-electron chi connectivity index (χ3n) is 4.55. The van der Waals surface area contributed by atoms with E-state index >= 15 is 0 Å². The zero-order valence-electron chi connectivity index (χ0n) is 17.1. The Hall–Kier alpha value is -3.65. The smallest absolute Gasteiger partial charge is 0.305 e. The molecule has 32 heavy (non-hydrogen) atoms. The summed E-state index contributed by atoms with van der Waals surface area (Å²) in [6, 6.07) is 15.7. The van der Waals surface area contributed by atoms with Gasteiger partial charge in [-0.15, -0.1) is 0 Å². The van der Waals surface area contributed by atoms with Crippen LogP contribution in [0.15, 0.2) is 59.0 Å². The second-order valence-electron chi connectivity index (χ2n) is 7.00. The van der Waals surface area contributed by atoms with Gasteiger partial charge in [0.1, 0.15) is 18.1 Å². The average Bonchev–Trinajstić information content (AvgIpc) is 3.14. The third kappa shape index (κ3) is 5.53. The molecule has 166 valence electrons. The highest BCUT2D eigenvalue weighted by atomic mass is 35.5. The molecule has 3 aromatic rings. The van der Waals surface area contributed by atoms with Crippen molar-refractivity contribution in [2.45, 2.75) is 19.4 Å². The Morgan fingerprint density at radius 1 is 1.00 bits per heavy atom. The second kappa shape index (κ2) is 10.1. The fourth-order valence-corrected chi connectivity index (χ4v) is 3.34. The van der Waals surface area contributed by atoms with Gasteiger partial charge in [-0.1, -0.05) is 29.8 Å². The van der Waals surface area contributed by atoms with Crippen LogP contribution in [0.2, 0.25) is 5.02 Å². The number of hydrogen-bond donors (Lipinski definition) is 2. The monoisotopic (exact) mass is 456 g/mol. The van der Waals surface area contributed by atoms with Crippen LogP contribution in [0.1, 0.15) is 28.3 Å². The number of benzene rings is 2. The lowest BCUT2D eigenvalue weighted by molar-refractivity contribution is -0.121. The summed E-state index contributed by atoms with van der Waals surface area (Å²) in [5.74, 6) is 1.19. The third-order valence-corrected chi connectivity index (χ3v) is 4.83. The number of hydrazine groups is 1. The van der Waals surface area contributed by atoms with Crippen LogP contribution in [0.5, 0.6) is 17.2 Å². The van der Waals surface area contributed by atoms with Crippen molar-refractivity contribution in [2.24, 2.45) is 0 Å². The Morgan fingerprint density at radius 2 is 1.81 bits per heavy atom. The summed E-state index contributed by atoms with van der Waals surface area (Å²) < 4.78 is 22.3. The van der Waals surface area contributed by atoms with Gasteiger partial charge < -0.3 is 18.6 Å². The molecule has 2 N–H and O–H groups in total. The maximum Gasteiger partial charge on any atom is 0.305 e. The summed E-state index contributed by atoms with van der Waals surface area (Å²) in [6.07, 6.45) is 0.741. The van der Waals surface area contributed by atoms with Gasteiger partial charge in [-0.25, -0.2) is 0 Å². The van der Waals surface area contributed by atoms with E-state index in [1.165, 1.54) is 6.07 Å². The molecule has 1 aliphatic heterocycles. The quantitative estimate of drug-likeness (QED) is 0.549. The van der Waals surface area contributed by atoms with E-state index in [1.54, 1.807) is 18.2 Å². The van der Waals surface area contributed by atoms with Crippen LogP contribution in [0.3, 0.4) is 0 Å². The molecule has 0 fully saturated rings. The van der Waals surface area contributed by atoms with Crippen molar-refractivity contribution in [3.8, 4) is 17.2 Å². The number of carbonyl (C=O) groups is 2. The highest BCUT2D eigenvalue weighted by molar-refractivity contribution is 6.32. The summed E-state index contributed by atoms with van der Waals surface area (Å²) in [7, 11) is 0. The zero-order chi connectivity index (χ0) is 22.3. The molecule has 1 aliphatic rings. The lowest BCUT2D eigenvalue weighted by atomic mass is 10.1. The fraction of sp³-hybridized carbons (Fsp3) is 0.217. The van der Waals surface area contributed by atoms with E-state index < -0.39 is 11.8 Å². The largest absolute Gasteiger partial charge is 0.489 e. The van der Waals surface area contributed by atoms with Gasteiger partial charge in [-0.2, -0.15) is 0 Å². The fourth-order valence-electron chi connectivity index (χ4n) is 3.05. The number of fused-ring (bicyclic) bond motifs is 1. The van der Waals surface area contributed by atoms with Crippen LogP contribution >= 0.6 is 11.6 Å². The Bertz CT molecular complexity index is 1100. The summed E-state index contributed by atoms with van der Waals surface area (Å²) >= 11 is 6.25. The number of para-hydroxylation sites is 1. The molecule has 2 heterocycles. The number of carbonyl (C=O) groups excluding carboxylic acids is 2. The predicted octanol–water partition coefficient (Wildman–Crippen LogP) is 3.68. The van der Waals surface area contributed by atoms with E-state index in [0.29, 0.717) is 46.8 Å². The van der Waals surface area contributed by atoms with Crippen molar-refractivity contribution < 1.29 is 28.2 Å². The number of hydrogen-bond acceptors (Lipinski definition) is 6. The van der Waals surface area contributed by atoms with E-state index in [-0.39, 0.29) is 18.8 Å². The lowest BCUT2D eigenvalue weighted by Crippen LogP contribution is -2.42. The normalized spacial score (nSPS) is 12.5. The van der Waals surface area contributed by atoms with E-state index in [9.17, 15) is 9.59 Å². The molecule has 2 aromatic carbocycles. The molecule has 0 radical (unpaired) electrons. The molecular formula is C23H21ClN2O6. The molecule has 0 saturated heterocycles. The van der Waals surface area contributed by atoms with E-state index in [1.807, 2.05) is 30.3 Å². The number of halogens is 1. The van der Waals surface area contributed by atoms with Crippen molar-refractivity contribution in [1.82, 2.24) is 10.9 Å². The van der Waals surface area contributed by atoms with Crippen LogP contribution in [-0.2, 0) is 17.8 Å². The summed E-state index contributed by atoms with van der Waals surface area (Å²) in [4.78, 5) is 24.5. The number of ether oxygens (including phenoxy) is 3. The molecule has 0 bridgehead atoms. The van der Waals surface area contributed by atoms with E-state index in [0.717, 1.165) is 6.42 Å². The second-order valence-corrected chi connectivity index (χ2v) is 7.41. The van der Waals surface area contributed by atoms with E-state index in [4.69, 9.17) is 30.2 Å². The molecule has 0 aliphatic carbocycles. The first-order valence-electron chi connectivity index (χ1n) is 10.0. The maximum atomic E-state index is 12.3. The Kier molecular flexibility index (Phi) is 6.81. The Balaban J connectivity index is 1.28. The summed E-state index contributed by atoms with van der Waals surface area (Å²) in [5, 5.41) is 0.372. The molecule has 4 rings (SSSR count). The SMILES string of the molecule is O=C(Cc1cc(Cl)c2c(c1)OCCCO2)NNC(=O)c1ccc(COc2ccccc2)o1. The zero-order valence-corrected chi connectivity index (χ0v) is 17.8. The molecule has 0 unspecified atom stereocenters. The van der Waals surface area contributed by atoms with Gasteiger partial charge in [-0.05, 0) is 42.0 Å². The summed E-state index contributed by atoms with van der Waals surface area (Å²) in [6.45, 7) is 1.20. The van der Waals surface area contributed by atoms with Crippen LogP contribution < -0.4 is 25.1 Å². The Morgan fingerprint density at radius 3 is 2.66 bits per heavy atom. The predicted molar refractivity (Wildman–Crippen MR) is 116 cm³/mol. The van der Waals surface area contributed by atoms with Gasteiger partial charge in [0.15, 0.2) is 17.3 Å². The molecule has 0 saturated carbocycles. The minimum absolute atomic E-state index is 0.00897. The first-order chi connectivity index (χ1) is 15.6. The van der Waals surface area contributed by atoms with Crippen LogP contribution in [0.4, 0.5) is 0 Å². The van der Waals surface area contributed by atoms with Crippen molar-refractivity contribution >= 4 is 23.4 Å². The van der Waals surface area contributed by atoms with Crippen LogP contribution in [-0.4, -0.2) is 25.0 Å². The van der Waals surface area contributed by atoms with Crippen molar-refractivity contribution in [1.29, 1.82) is 0 Å². The maximum absolute atomic E-state index is 12.3. The number of rotatable bonds is 6. The van der Waals surface area contributed by atoms with Crippen molar-refractivity contribution in [3.63, 3.8) is 0 Å². The van der Waals surface area contributed by atoms with Gasteiger partial charge in [-0.3, -0.25) is 20.4 Å². The van der Waals surface area contributed by atoms with Crippen LogP contribution in [0.25, 0.3) is 0 Å². The van der Waals surface area contributed by atoms with Gasteiger partial charge in [0, 0.05) is 6.42 Å². The summed E-state index contributed by atoms with van der Waals surface area (Å²) in [5.41, 5.74) is 5.32. The lowest BCUT2D eigenvalue weighted by Gasteiger charge is -2.12. The highest BCUT2D eigenvalue weighted by Crippen LogP contribution is 2.38. The number of furan rings is 1. The van der Waals surface area contributed by atoms with Gasteiger partial charge in [0.05, 0.1) is 24.7 Å². The van der Waals surface area contributed by atoms with Crippen LogP contribution in [0, 0.1) is 0 Å². The van der Waals surface area contributed by atoms with Gasteiger partial charge >= 0.3 is 5.91 Å². The number of nitrogens with one attached hydrogen (secondary N) is 2. The first kappa shape index (κ1) is 21.6. The molecule has 8 nitrogen and oxygen atoms in total. The Labute approximate surface area is 189 Å². The van der Waals surface area contributed by atoms with Gasteiger partial charge in [0.25, 0.3) is 0 Å². The molecular weight excluding hydrogens is 436 g/mol. The van der Waals surface area contributed by atoms with Crippen molar-refractivity contribution in [2.75, 3.05) is 13.2 Å². The molecule has 1 aromatic heterocycles. The molecule has 9 heteroatoms. The molecule has 0 spiro atoms. The standard InChI is InChI=1S/C23H21ClN2O6/c24-18-11-15(12-20-22(18)30-10-4-9-29-20)13-21(27)25-26-23(28)19-8-7-17(32-19)14-31-16-5-2-1-3-6-16/h1-3,5-8,11-12H,4,9-10,13-14H2,(H,25,27)(H,26,28). The molecule has 2 amide bonds.